The van der Waals surface area contributed by atoms with E-state index in [0.717, 1.165) is 5.56 Å². The minimum atomic E-state index is -3.48. The number of nitrogens with zero attached hydrogens (tertiary/aromatic N) is 1. The number of sulfonamides is 1. The molecule has 0 N–H and O–H groups in total. The van der Waals surface area contributed by atoms with Crippen LogP contribution in [-0.2, 0) is 14.8 Å². The lowest BCUT2D eigenvalue weighted by Crippen LogP contribution is -2.42. The van der Waals surface area contributed by atoms with Crippen LogP contribution in [0, 0.1) is 0 Å². The second kappa shape index (κ2) is 6.38. The van der Waals surface area contributed by atoms with Gasteiger partial charge in [-0.25, -0.2) is 8.42 Å². The van der Waals surface area contributed by atoms with Crippen molar-refractivity contribution in [3.63, 3.8) is 0 Å². The van der Waals surface area contributed by atoms with Gasteiger partial charge < -0.3 is 4.74 Å². The van der Waals surface area contributed by atoms with Gasteiger partial charge in [0.2, 0.25) is 10.0 Å². The third kappa shape index (κ3) is 3.17. The summed E-state index contributed by atoms with van der Waals surface area (Å²) in [6.45, 7) is 1.04. The van der Waals surface area contributed by atoms with E-state index in [1.54, 1.807) is 42.5 Å². The first kappa shape index (κ1) is 15.5. The van der Waals surface area contributed by atoms with Crippen molar-refractivity contribution in [3.8, 4) is 0 Å². The minimum absolute atomic E-state index is 0.274. The molecule has 0 saturated carbocycles. The summed E-state index contributed by atoms with van der Waals surface area (Å²) >= 11 is 5.88. The fourth-order valence-electron chi connectivity index (χ4n) is 2.46. The molecule has 1 aliphatic rings. The zero-order chi connectivity index (χ0) is 15.6. The highest BCUT2D eigenvalue weighted by Crippen LogP contribution is 2.27. The third-order valence-corrected chi connectivity index (χ3v) is 5.78. The van der Waals surface area contributed by atoms with Crippen LogP contribution < -0.4 is 0 Å². The predicted molar refractivity (Wildman–Crippen MR) is 85.3 cm³/mol. The van der Waals surface area contributed by atoms with E-state index < -0.39 is 10.0 Å². The first-order valence-corrected chi connectivity index (χ1v) is 8.81. The highest BCUT2D eigenvalue weighted by Gasteiger charge is 2.31. The molecule has 0 amide bonds. The zero-order valence-corrected chi connectivity index (χ0v) is 13.4. The van der Waals surface area contributed by atoms with Crippen LogP contribution in [0.3, 0.4) is 0 Å². The largest absolute Gasteiger partial charge is 0.371 e. The van der Waals surface area contributed by atoms with Gasteiger partial charge in [-0.1, -0.05) is 41.9 Å². The van der Waals surface area contributed by atoms with Crippen molar-refractivity contribution in [3.05, 3.63) is 65.2 Å². The van der Waals surface area contributed by atoms with E-state index in [4.69, 9.17) is 16.3 Å². The van der Waals surface area contributed by atoms with Gasteiger partial charge >= 0.3 is 0 Å². The molecule has 0 bridgehead atoms. The number of halogens is 1. The molecule has 1 heterocycles. The standard InChI is InChI=1S/C16H16ClNO3S/c17-14-8-6-13(7-9-14)16-12-18(10-11-21-16)22(19,20)15-4-2-1-3-5-15/h1-9,16H,10-12H2. The van der Waals surface area contributed by atoms with Gasteiger partial charge in [-0.3, -0.25) is 0 Å². The van der Waals surface area contributed by atoms with Crippen LogP contribution in [0.1, 0.15) is 11.7 Å². The van der Waals surface area contributed by atoms with Crippen LogP contribution in [-0.4, -0.2) is 32.4 Å². The van der Waals surface area contributed by atoms with Crippen molar-refractivity contribution in [2.75, 3.05) is 19.7 Å². The molecule has 6 heteroatoms. The fourth-order valence-corrected chi connectivity index (χ4v) is 4.04. The van der Waals surface area contributed by atoms with E-state index in [-0.39, 0.29) is 6.10 Å². The molecule has 1 aliphatic heterocycles. The maximum absolute atomic E-state index is 12.7. The average Bonchev–Trinajstić information content (AvgIpc) is 2.56. The molecule has 1 atom stereocenters. The van der Waals surface area contributed by atoms with Gasteiger partial charge in [-0.2, -0.15) is 4.31 Å². The topological polar surface area (TPSA) is 46.6 Å². The normalized spacial score (nSPS) is 20.0. The Hall–Kier alpha value is -1.40. The summed E-state index contributed by atoms with van der Waals surface area (Å²) in [5, 5.41) is 0.647. The number of benzene rings is 2. The van der Waals surface area contributed by atoms with Gasteiger partial charge in [0, 0.05) is 18.1 Å². The fraction of sp³-hybridized carbons (Fsp3) is 0.250. The van der Waals surface area contributed by atoms with E-state index in [0.29, 0.717) is 29.6 Å². The molecule has 22 heavy (non-hydrogen) atoms. The van der Waals surface area contributed by atoms with Crippen LogP contribution >= 0.6 is 11.6 Å². The molecule has 2 aromatic rings. The lowest BCUT2D eigenvalue weighted by atomic mass is 10.1. The molecule has 4 nitrogen and oxygen atoms in total. The Bertz CT molecular complexity index is 732. The van der Waals surface area contributed by atoms with Crippen molar-refractivity contribution < 1.29 is 13.2 Å². The van der Waals surface area contributed by atoms with E-state index >= 15 is 0 Å². The molecule has 0 aromatic heterocycles. The summed E-state index contributed by atoms with van der Waals surface area (Å²) in [5.74, 6) is 0. The molecule has 2 aromatic carbocycles. The van der Waals surface area contributed by atoms with Crippen LogP contribution in [0.25, 0.3) is 0 Å². The number of rotatable bonds is 3. The summed E-state index contributed by atoms with van der Waals surface area (Å²) in [6.07, 6.45) is -0.274. The number of ether oxygens (including phenoxy) is 1. The third-order valence-electron chi connectivity index (χ3n) is 3.65. The summed E-state index contributed by atoms with van der Waals surface area (Å²) in [6, 6.07) is 15.8. The monoisotopic (exact) mass is 337 g/mol. The van der Waals surface area contributed by atoms with Crippen molar-refractivity contribution in [1.82, 2.24) is 4.31 Å². The van der Waals surface area contributed by atoms with Crippen molar-refractivity contribution in [2.24, 2.45) is 0 Å². The Labute approximate surface area is 135 Å². The van der Waals surface area contributed by atoms with Gasteiger partial charge in [-0.05, 0) is 29.8 Å². The molecule has 0 aliphatic carbocycles. The Kier molecular flexibility index (Phi) is 4.49. The van der Waals surface area contributed by atoms with Crippen LogP contribution in [0.15, 0.2) is 59.5 Å². The molecule has 1 fully saturated rings. The van der Waals surface area contributed by atoms with Gasteiger partial charge in [0.25, 0.3) is 0 Å². The van der Waals surface area contributed by atoms with E-state index in [1.807, 2.05) is 12.1 Å². The molecule has 0 radical (unpaired) electrons. The average molecular weight is 338 g/mol. The predicted octanol–water partition coefficient (Wildman–Crippen LogP) is 3.10. The number of morpholine rings is 1. The first-order chi connectivity index (χ1) is 10.6. The molecule has 0 spiro atoms. The van der Waals surface area contributed by atoms with Crippen LogP contribution in [0.5, 0.6) is 0 Å². The Balaban J connectivity index is 1.82. The molecule has 3 rings (SSSR count). The summed E-state index contributed by atoms with van der Waals surface area (Å²) < 4.78 is 32.5. The highest BCUT2D eigenvalue weighted by atomic mass is 35.5. The zero-order valence-electron chi connectivity index (χ0n) is 11.9. The van der Waals surface area contributed by atoms with Gasteiger partial charge in [0.15, 0.2) is 0 Å². The summed E-state index contributed by atoms with van der Waals surface area (Å²) in [7, 11) is -3.48. The minimum Gasteiger partial charge on any atom is -0.371 e. The molecular weight excluding hydrogens is 322 g/mol. The SMILES string of the molecule is O=S(=O)(c1ccccc1)N1CCOC(c2ccc(Cl)cc2)C1. The van der Waals surface area contributed by atoms with Crippen molar-refractivity contribution >= 4 is 21.6 Å². The van der Waals surface area contributed by atoms with Crippen LogP contribution in [0.2, 0.25) is 5.02 Å². The molecule has 116 valence electrons. The summed E-state index contributed by atoms with van der Waals surface area (Å²) in [5.41, 5.74) is 0.928. The van der Waals surface area contributed by atoms with Gasteiger partial charge in [-0.15, -0.1) is 0 Å². The molecule has 1 unspecified atom stereocenters. The van der Waals surface area contributed by atoms with E-state index in [9.17, 15) is 8.42 Å². The van der Waals surface area contributed by atoms with Gasteiger partial charge in [0.1, 0.15) is 0 Å². The van der Waals surface area contributed by atoms with Crippen LogP contribution in [0.4, 0.5) is 0 Å². The highest BCUT2D eigenvalue weighted by molar-refractivity contribution is 7.89. The second-order valence-corrected chi connectivity index (χ2v) is 7.46. The van der Waals surface area contributed by atoms with Crippen molar-refractivity contribution in [2.45, 2.75) is 11.0 Å². The second-order valence-electron chi connectivity index (χ2n) is 5.09. The Morgan fingerprint density at radius 1 is 1.05 bits per heavy atom. The number of hydrogen-bond donors (Lipinski definition) is 0. The summed E-state index contributed by atoms with van der Waals surface area (Å²) in [4.78, 5) is 0.312. The molecular formula is C16H16ClNO3S. The quantitative estimate of drug-likeness (QED) is 0.864. The molecule has 1 saturated heterocycles. The Morgan fingerprint density at radius 2 is 1.73 bits per heavy atom. The maximum Gasteiger partial charge on any atom is 0.243 e. The Morgan fingerprint density at radius 3 is 2.41 bits per heavy atom. The maximum atomic E-state index is 12.7. The lowest BCUT2D eigenvalue weighted by molar-refractivity contribution is -0.00255. The lowest BCUT2D eigenvalue weighted by Gasteiger charge is -2.32. The smallest absolute Gasteiger partial charge is 0.243 e. The van der Waals surface area contributed by atoms with Gasteiger partial charge in [0.05, 0.1) is 17.6 Å². The number of hydrogen-bond acceptors (Lipinski definition) is 3. The van der Waals surface area contributed by atoms with Crippen molar-refractivity contribution in [1.29, 1.82) is 0 Å². The van der Waals surface area contributed by atoms with E-state index in [1.165, 1.54) is 4.31 Å². The van der Waals surface area contributed by atoms with E-state index in [2.05, 4.69) is 0 Å². The first-order valence-electron chi connectivity index (χ1n) is 6.99.